The topological polar surface area (TPSA) is 21.3 Å². The monoisotopic (exact) mass is 263 g/mol. The van der Waals surface area contributed by atoms with Gasteiger partial charge in [-0.25, -0.2) is 0 Å². The molecule has 0 atom stereocenters. The summed E-state index contributed by atoms with van der Waals surface area (Å²) in [5, 5.41) is 3.34. The highest BCUT2D eigenvalue weighted by Gasteiger charge is 1.97. The number of likely N-dealkylation sites (N-methyl/N-ethyl adjacent to an activating group) is 1. The van der Waals surface area contributed by atoms with Crippen LogP contribution in [0.1, 0.15) is 44.7 Å². The number of nitrogens with one attached hydrogen (secondary N) is 1. The van der Waals surface area contributed by atoms with Crippen LogP contribution in [0.3, 0.4) is 0 Å². The largest absolute Gasteiger partial charge is 0.377 e. The molecule has 0 unspecified atom stereocenters. The number of hydrogen-bond donors (Lipinski definition) is 1. The standard InChI is InChI=1S/C17H29NO/c1-4-18-12-11-16-7-9-17(10-8-16)14-19-13-5-6-15(2)3/h7-10,15,18H,4-6,11-14H2,1-3H3. The van der Waals surface area contributed by atoms with E-state index in [9.17, 15) is 0 Å². The molecule has 0 aromatic heterocycles. The summed E-state index contributed by atoms with van der Waals surface area (Å²) in [6.07, 6.45) is 3.52. The quantitative estimate of drug-likeness (QED) is 0.648. The predicted octanol–water partition coefficient (Wildman–Crippen LogP) is 3.79. The van der Waals surface area contributed by atoms with Gasteiger partial charge in [0.15, 0.2) is 0 Å². The van der Waals surface area contributed by atoms with Crippen molar-refractivity contribution < 1.29 is 4.74 Å². The Labute approximate surface area is 118 Å². The van der Waals surface area contributed by atoms with Crippen LogP contribution in [0.4, 0.5) is 0 Å². The Kier molecular flexibility index (Phi) is 8.52. The van der Waals surface area contributed by atoms with Gasteiger partial charge in [-0.1, -0.05) is 45.0 Å². The zero-order valence-electron chi connectivity index (χ0n) is 12.7. The first-order valence-corrected chi connectivity index (χ1v) is 7.58. The number of benzene rings is 1. The summed E-state index contributed by atoms with van der Waals surface area (Å²) in [4.78, 5) is 0. The Hall–Kier alpha value is -0.860. The fourth-order valence-electron chi connectivity index (χ4n) is 2.00. The smallest absolute Gasteiger partial charge is 0.0716 e. The molecule has 0 saturated carbocycles. The normalized spacial score (nSPS) is 11.2. The highest BCUT2D eigenvalue weighted by atomic mass is 16.5. The van der Waals surface area contributed by atoms with E-state index in [0.29, 0.717) is 0 Å². The van der Waals surface area contributed by atoms with E-state index in [1.807, 2.05) is 0 Å². The van der Waals surface area contributed by atoms with Gasteiger partial charge in [-0.3, -0.25) is 0 Å². The molecule has 0 aliphatic heterocycles. The fourth-order valence-corrected chi connectivity index (χ4v) is 2.00. The van der Waals surface area contributed by atoms with Crippen LogP contribution >= 0.6 is 0 Å². The second-order valence-corrected chi connectivity index (χ2v) is 5.51. The lowest BCUT2D eigenvalue weighted by Crippen LogP contribution is -2.15. The van der Waals surface area contributed by atoms with Gasteiger partial charge in [0.25, 0.3) is 0 Å². The van der Waals surface area contributed by atoms with E-state index >= 15 is 0 Å². The van der Waals surface area contributed by atoms with Gasteiger partial charge in [0.1, 0.15) is 0 Å². The van der Waals surface area contributed by atoms with E-state index in [2.05, 4.69) is 50.4 Å². The van der Waals surface area contributed by atoms with Gasteiger partial charge in [0, 0.05) is 6.61 Å². The van der Waals surface area contributed by atoms with Crippen LogP contribution in [-0.2, 0) is 17.8 Å². The zero-order chi connectivity index (χ0) is 13.9. The Balaban J connectivity index is 2.17. The summed E-state index contributed by atoms with van der Waals surface area (Å²) in [5.74, 6) is 0.777. The van der Waals surface area contributed by atoms with Crippen LogP contribution in [0, 0.1) is 5.92 Å². The summed E-state index contributed by atoms with van der Waals surface area (Å²) in [6, 6.07) is 8.79. The molecule has 2 nitrogen and oxygen atoms in total. The molecule has 0 amide bonds. The zero-order valence-corrected chi connectivity index (χ0v) is 12.7. The minimum absolute atomic E-state index is 0.742. The molecule has 1 aromatic rings. The Bertz CT molecular complexity index is 319. The third-order valence-electron chi connectivity index (χ3n) is 3.20. The summed E-state index contributed by atoms with van der Waals surface area (Å²) in [6.45, 7) is 10.4. The molecule has 19 heavy (non-hydrogen) atoms. The Morgan fingerprint density at radius 2 is 1.79 bits per heavy atom. The molecule has 0 bridgehead atoms. The summed E-state index contributed by atoms with van der Waals surface area (Å²) in [5.41, 5.74) is 2.67. The van der Waals surface area contributed by atoms with Crippen molar-refractivity contribution in [3.8, 4) is 0 Å². The first kappa shape index (κ1) is 16.2. The summed E-state index contributed by atoms with van der Waals surface area (Å²) in [7, 11) is 0. The van der Waals surface area contributed by atoms with E-state index in [1.54, 1.807) is 0 Å². The average molecular weight is 263 g/mol. The second-order valence-electron chi connectivity index (χ2n) is 5.51. The third kappa shape index (κ3) is 8.02. The molecule has 1 N–H and O–H groups in total. The van der Waals surface area contributed by atoms with E-state index in [-0.39, 0.29) is 0 Å². The van der Waals surface area contributed by atoms with Crippen LogP contribution in [0.15, 0.2) is 24.3 Å². The predicted molar refractivity (Wildman–Crippen MR) is 82.4 cm³/mol. The SMILES string of the molecule is CCNCCc1ccc(COCCCC(C)C)cc1. The van der Waals surface area contributed by atoms with Crippen LogP contribution < -0.4 is 5.32 Å². The lowest BCUT2D eigenvalue weighted by atomic mass is 10.1. The molecule has 1 aromatic carbocycles. The molecule has 0 radical (unpaired) electrons. The van der Waals surface area contributed by atoms with Crippen molar-refractivity contribution in [2.75, 3.05) is 19.7 Å². The first-order chi connectivity index (χ1) is 9.22. The van der Waals surface area contributed by atoms with Gasteiger partial charge in [0.05, 0.1) is 6.61 Å². The molecular formula is C17H29NO. The van der Waals surface area contributed by atoms with Crippen LogP contribution in [-0.4, -0.2) is 19.7 Å². The molecule has 108 valence electrons. The first-order valence-electron chi connectivity index (χ1n) is 7.58. The van der Waals surface area contributed by atoms with Gasteiger partial charge < -0.3 is 10.1 Å². The maximum atomic E-state index is 5.70. The van der Waals surface area contributed by atoms with Crippen LogP contribution in [0.5, 0.6) is 0 Å². The lowest BCUT2D eigenvalue weighted by molar-refractivity contribution is 0.115. The highest BCUT2D eigenvalue weighted by Crippen LogP contribution is 2.08. The molecule has 0 saturated heterocycles. The Morgan fingerprint density at radius 3 is 2.42 bits per heavy atom. The summed E-state index contributed by atoms with van der Waals surface area (Å²) < 4.78 is 5.70. The second kappa shape index (κ2) is 9.99. The molecule has 2 heteroatoms. The van der Waals surface area contributed by atoms with Crippen LogP contribution in [0.2, 0.25) is 0 Å². The third-order valence-corrected chi connectivity index (χ3v) is 3.20. The summed E-state index contributed by atoms with van der Waals surface area (Å²) >= 11 is 0. The Morgan fingerprint density at radius 1 is 1.11 bits per heavy atom. The molecule has 0 aliphatic rings. The van der Waals surface area contributed by atoms with Crippen molar-refractivity contribution in [3.63, 3.8) is 0 Å². The molecule has 0 aliphatic carbocycles. The van der Waals surface area contributed by atoms with Gasteiger partial charge >= 0.3 is 0 Å². The van der Waals surface area contributed by atoms with Gasteiger partial charge in [-0.15, -0.1) is 0 Å². The molecule has 0 fully saturated rings. The van der Waals surface area contributed by atoms with Crippen LogP contribution in [0.25, 0.3) is 0 Å². The average Bonchev–Trinajstić information content (AvgIpc) is 2.40. The van der Waals surface area contributed by atoms with Crippen molar-refractivity contribution >= 4 is 0 Å². The minimum atomic E-state index is 0.742. The van der Waals surface area contributed by atoms with E-state index in [0.717, 1.165) is 38.6 Å². The number of ether oxygens (including phenoxy) is 1. The van der Waals surface area contributed by atoms with E-state index < -0.39 is 0 Å². The molecule has 1 rings (SSSR count). The fraction of sp³-hybridized carbons (Fsp3) is 0.647. The lowest BCUT2D eigenvalue weighted by Gasteiger charge is -2.07. The maximum Gasteiger partial charge on any atom is 0.0716 e. The van der Waals surface area contributed by atoms with Crippen molar-refractivity contribution in [3.05, 3.63) is 35.4 Å². The highest BCUT2D eigenvalue weighted by molar-refractivity contribution is 5.22. The van der Waals surface area contributed by atoms with Crippen molar-refractivity contribution in [2.24, 2.45) is 5.92 Å². The molecular weight excluding hydrogens is 234 g/mol. The molecule has 0 spiro atoms. The van der Waals surface area contributed by atoms with E-state index in [1.165, 1.54) is 24.0 Å². The number of rotatable bonds is 10. The van der Waals surface area contributed by atoms with Gasteiger partial charge in [0.2, 0.25) is 0 Å². The maximum absolute atomic E-state index is 5.70. The molecule has 0 heterocycles. The van der Waals surface area contributed by atoms with Gasteiger partial charge in [-0.2, -0.15) is 0 Å². The van der Waals surface area contributed by atoms with E-state index in [4.69, 9.17) is 4.74 Å². The van der Waals surface area contributed by atoms with Gasteiger partial charge in [-0.05, 0) is 49.4 Å². The van der Waals surface area contributed by atoms with Crippen molar-refractivity contribution in [1.82, 2.24) is 5.32 Å². The number of hydrogen-bond acceptors (Lipinski definition) is 2. The van der Waals surface area contributed by atoms with Crippen molar-refractivity contribution in [2.45, 2.75) is 46.6 Å². The van der Waals surface area contributed by atoms with Crippen molar-refractivity contribution in [1.29, 1.82) is 0 Å². The minimum Gasteiger partial charge on any atom is -0.377 e.